The van der Waals surface area contributed by atoms with E-state index in [0.29, 0.717) is 0 Å². The summed E-state index contributed by atoms with van der Waals surface area (Å²) < 4.78 is 0. The van der Waals surface area contributed by atoms with Gasteiger partial charge in [-0.1, -0.05) is 119 Å². The highest BCUT2D eigenvalue weighted by atomic mass is 35.5. The van der Waals surface area contributed by atoms with Crippen molar-refractivity contribution >= 4 is 40.3 Å². The number of allylic oxidation sites excluding steroid dienone is 7. The van der Waals surface area contributed by atoms with Crippen molar-refractivity contribution in [3.63, 3.8) is 0 Å². The third-order valence-corrected chi connectivity index (χ3v) is 11.1. The quantitative estimate of drug-likeness (QED) is 0.184. The van der Waals surface area contributed by atoms with Crippen molar-refractivity contribution in [2.75, 3.05) is 16.8 Å². The van der Waals surface area contributed by atoms with Gasteiger partial charge >= 0.3 is 0 Å². The predicted octanol–water partition coefficient (Wildman–Crippen LogP) is 12.9. The average Bonchev–Trinajstić information content (AvgIpc) is 3.55. The van der Waals surface area contributed by atoms with Crippen molar-refractivity contribution in [3.8, 4) is 0 Å². The Hall–Kier alpha value is -3.98. The smallest absolute Gasteiger partial charge is 0.0525 e. The number of rotatable bonds is 8. The molecule has 2 nitrogen and oxygen atoms in total. The lowest BCUT2D eigenvalue weighted by molar-refractivity contribution is 0.407. The Labute approximate surface area is 297 Å². The molecule has 1 unspecified atom stereocenters. The largest absolute Gasteiger partial charge is 0.347 e. The van der Waals surface area contributed by atoms with E-state index in [4.69, 9.17) is 23.2 Å². The summed E-state index contributed by atoms with van der Waals surface area (Å²) in [5.74, 6) is 0.277. The molecule has 4 aromatic carbocycles. The van der Waals surface area contributed by atoms with Gasteiger partial charge in [0, 0.05) is 45.3 Å². The zero-order valence-corrected chi connectivity index (χ0v) is 30.7. The van der Waals surface area contributed by atoms with E-state index in [-0.39, 0.29) is 16.7 Å². The van der Waals surface area contributed by atoms with E-state index >= 15 is 0 Å². The van der Waals surface area contributed by atoms with Gasteiger partial charge in [-0.15, -0.1) is 0 Å². The second-order valence-electron chi connectivity index (χ2n) is 14.3. The standard InChI is InChI=1S/C44H46Cl2N2/c1-30-18-24-34(45)28-38(30)43(3,4)31(2)19-20-32-21-22-33(23-27-41-44(5,6)39-29-35(46)25-26-40(39)47(41)7)42(32)48(36-14-10-8-11-15-36)37-16-12-9-13-17-37/h8-20,23-29,31H,21-22H2,1-7H3/b20-19+,33-23+,41-27+. The van der Waals surface area contributed by atoms with Crippen LogP contribution in [0.2, 0.25) is 10.0 Å². The van der Waals surface area contributed by atoms with E-state index in [1.54, 1.807) is 0 Å². The molecule has 0 saturated heterocycles. The first-order valence-electron chi connectivity index (χ1n) is 16.9. The van der Waals surface area contributed by atoms with Gasteiger partial charge in [-0.25, -0.2) is 0 Å². The van der Waals surface area contributed by atoms with E-state index in [0.717, 1.165) is 34.3 Å². The van der Waals surface area contributed by atoms with Gasteiger partial charge in [-0.3, -0.25) is 0 Å². The molecule has 2 aliphatic rings. The van der Waals surface area contributed by atoms with Crippen molar-refractivity contribution in [3.05, 3.63) is 171 Å². The fourth-order valence-electron chi connectivity index (χ4n) is 7.41. The number of likely N-dealkylation sites (N-methyl/N-ethyl adjacent to an activating group) is 1. The topological polar surface area (TPSA) is 6.48 Å². The fourth-order valence-corrected chi connectivity index (χ4v) is 7.75. The third-order valence-electron chi connectivity index (χ3n) is 10.6. The van der Waals surface area contributed by atoms with Crippen LogP contribution >= 0.6 is 23.2 Å². The van der Waals surface area contributed by atoms with Crippen molar-refractivity contribution in [1.82, 2.24) is 0 Å². The number of para-hydroxylation sites is 2. The summed E-state index contributed by atoms with van der Waals surface area (Å²) in [6, 6.07) is 34.0. The van der Waals surface area contributed by atoms with Gasteiger partial charge in [-0.2, -0.15) is 0 Å². The molecule has 0 saturated carbocycles. The maximum absolute atomic E-state index is 6.48. The van der Waals surface area contributed by atoms with Crippen LogP contribution in [0.15, 0.2) is 144 Å². The molecule has 0 N–H and O–H groups in total. The van der Waals surface area contributed by atoms with E-state index in [1.807, 2.05) is 12.1 Å². The molecule has 1 aliphatic carbocycles. The van der Waals surface area contributed by atoms with Crippen LogP contribution in [0.25, 0.3) is 0 Å². The van der Waals surface area contributed by atoms with Gasteiger partial charge in [0.2, 0.25) is 0 Å². The molecule has 0 bridgehead atoms. The Morgan fingerprint density at radius 3 is 2.06 bits per heavy atom. The Bertz CT molecular complexity index is 1890. The molecule has 6 rings (SSSR count). The lowest BCUT2D eigenvalue weighted by Gasteiger charge is -2.32. The maximum Gasteiger partial charge on any atom is 0.0525 e. The van der Waals surface area contributed by atoms with E-state index in [2.05, 4.69) is 168 Å². The molecule has 1 atom stereocenters. The van der Waals surface area contributed by atoms with Gasteiger partial charge in [0.1, 0.15) is 0 Å². The summed E-state index contributed by atoms with van der Waals surface area (Å²) in [5.41, 5.74) is 12.2. The summed E-state index contributed by atoms with van der Waals surface area (Å²) in [6.45, 7) is 13.7. The van der Waals surface area contributed by atoms with Crippen LogP contribution in [0.5, 0.6) is 0 Å². The lowest BCUT2D eigenvalue weighted by Crippen LogP contribution is -2.26. The van der Waals surface area contributed by atoms with Crippen LogP contribution in [0, 0.1) is 12.8 Å². The number of benzene rings is 4. The normalized spacial score (nSPS) is 18.3. The van der Waals surface area contributed by atoms with Gasteiger partial charge in [0.15, 0.2) is 0 Å². The summed E-state index contributed by atoms with van der Waals surface area (Å²) in [6.07, 6.45) is 11.4. The lowest BCUT2D eigenvalue weighted by atomic mass is 9.72. The molecule has 1 aliphatic heterocycles. The van der Waals surface area contributed by atoms with Gasteiger partial charge in [0.25, 0.3) is 0 Å². The van der Waals surface area contributed by atoms with Crippen LogP contribution in [-0.4, -0.2) is 7.05 Å². The van der Waals surface area contributed by atoms with Crippen LogP contribution in [-0.2, 0) is 10.8 Å². The number of anilines is 3. The molecule has 48 heavy (non-hydrogen) atoms. The molecule has 0 fully saturated rings. The molecule has 0 spiro atoms. The van der Waals surface area contributed by atoms with Crippen LogP contribution in [0.3, 0.4) is 0 Å². The molecule has 4 aromatic rings. The molecule has 4 heteroatoms. The number of aryl methyl sites for hydroxylation is 1. The van der Waals surface area contributed by atoms with Crippen molar-refractivity contribution in [1.29, 1.82) is 0 Å². The molecule has 0 amide bonds. The van der Waals surface area contributed by atoms with Crippen molar-refractivity contribution in [2.45, 2.75) is 65.2 Å². The van der Waals surface area contributed by atoms with Gasteiger partial charge in [0.05, 0.1) is 5.70 Å². The first-order chi connectivity index (χ1) is 22.9. The molecule has 0 radical (unpaired) electrons. The Kier molecular flexibility index (Phi) is 9.53. The summed E-state index contributed by atoms with van der Waals surface area (Å²) in [4.78, 5) is 4.75. The van der Waals surface area contributed by atoms with Gasteiger partial charge < -0.3 is 9.80 Å². The third kappa shape index (κ3) is 6.41. The molecular formula is C44H46Cl2N2. The maximum atomic E-state index is 6.48. The highest BCUT2D eigenvalue weighted by Crippen LogP contribution is 2.48. The van der Waals surface area contributed by atoms with Crippen LogP contribution < -0.4 is 9.80 Å². The number of fused-ring (bicyclic) bond motifs is 1. The fraction of sp³-hybridized carbons (Fsp3) is 0.273. The Morgan fingerprint density at radius 2 is 1.42 bits per heavy atom. The van der Waals surface area contributed by atoms with Crippen LogP contribution in [0.4, 0.5) is 17.1 Å². The highest BCUT2D eigenvalue weighted by Gasteiger charge is 2.38. The Balaban J connectivity index is 1.47. The second kappa shape index (κ2) is 13.5. The second-order valence-corrected chi connectivity index (χ2v) is 15.2. The van der Waals surface area contributed by atoms with Gasteiger partial charge in [-0.05, 0) is 120 Å². The van der Waals surface area contributed by atoms with E-state index in [1.165, 1.54) is 44.9 Å². The Morgan fingerprint density at radius 1 is 0.812 bits per heavy atom. The monoisotopic (exact) mass is 672 g/mol. The SMILES string of the molecule is Cc1ccc(Cl)cc1C(C)(C)C(C)/C=C/C1=C(N(c2ccccc2)c2ccccc2)C(=C/C=C2/N(C)c3ccc(Cl)cc3C2(C)C)/CC1. The first kappa shape index (κ1) is 33.9. The number of hydrogen-bond acceptors (Lipinski definition) is 2. The number of nitrogens with zero attached hydrogens (tertiary/aromatic N) is 2. The van der Waals surface area contributed by atoms with E-state index in [9.17, 15) is 0 Å². The summed E-state index contributed by atoms with van der Waals surface area (Å²) in [5, 5.41) is 1.56. The molecule has 1 heterocycles. The minimum atomic E-state index is -0.171. The highest BCUT2D eigenvalue weighted by molar-refractivity contribution is 6.31. The predicted molar refractivity (Wildman–Crippen MR) is 208 cm³/mol. The molecule has 246 valence electrons. The average molecular weight is 674 g/mol. The van der Waals surface area contributed by atoms with Crippen molar-refractivity contribution in [2.24, 2.45) is 5.92 Å². The van der Waals surface area contributed by atoms with Crippen molar-refractivity contribution < 1.29 is 0 Å². The van der Waals surface area contributed by atoms with Crippen LogP contribution in [0.1, 0.15) is 64.2 Å². The van der Waals surface area contributed by atoms with E-state index < -0.39 is 0 Å². The number of hydrogen-bond donors (Lipinski definition) is 0. The summed E-state index contributed by atoms with van der Waals surface area (Å²) in [7, 11) is 2.16. The zero-order chi connectivity index (χ0) is 34.2. The minimum Gasteiger partial charge on any atom is -0.347 e. The molecular weight excluding hydrogens is 627 g/mol. The minimum absolute atomic E-state index is 0.0943. The first-order valence-corrected chi connectivity index (χ1v) is 17.7. The zero-order valence-electron chi connectivity index (χ0n) is 29.2. The molecule has 0 aromatic heterocycles. The number of halogens is 2. The summed E-state index contributed by atoms with van der Waals surface area (Å²) >= 11 is 12.9.